The quantitative estimate of drug-likeness (QED) is 0.521. The molecule has 1 aromatic heterocycles. The Morgan fingerprint density at radius 1 is 1.04 bits per heavy atom. The van der Waals surface area contributed by atoms with E-state index in [4.69, 9.17) is 0 Å². The molecule has 0 N–H and O–H groups in total. The third-order valence-corrected chi connectivity index (χ3v) is 5.65. The first-order chi connectivity index (χ1) is 12.2. The van der Waals surface area contributed by atoms with E-state index in [9.17, 15) is 4.39 Å². The third kappa shape index (κ3) is 4.68. The minimum Gasteiger partial charge on any atom is -0.256 e. The summed E-state index contributed by atoms with van der Waals surface area (Å²) in [5, 5.41) is 0. The van der Waals surface area contributed by atoms with Gasteiger partial charge in [0.15, 0.2) is 0 Å². The SMILES string of the molecule is CCCCCc1ccc(-c2ccc([C@H]3CC[C@H](C)CC3)cc2F)nc1. The summed E-state index contributed by atoms with van der Waals surface area (Å²) >= 11 is 0. The van der Waals surface area contributed by atoms with Crippen molar-refractivity contribution in [2.45, 2.75) is 71.1 Å². The number of unbranched alkanes of at least 4 members (excludes halogenated alkanes) is 2. The lowest BCUT2D eigenvalue weighted by atomic mass is 9.79. The van der Waals surface area contributed by atoms with Crippen LogP contribution in [0.2, 0.25) is 0 Å². The van der Waals surface area contributed by atoms with E-state index < -0.39 is 0 Å². The average Bonchev–Trinajstić information content (AvgIpc) is 2.63. The molecule has 0 unspecified atom stereocenters. The fraction of sp³-hybridized carbons (Fsp3) is 0.522. The van der Waals surface area contributed by atoms with Gasteiger partial charge in [0.05, 0.1) is 5.69 Å². The molecule has 2 aromatic rings. The van der Waals surface area contributed by atoms with Gasteiger partial charge >= 0.3 is 0 Å². The lowest BCUT2D eigenvalue weighted by Gasteiger charge is -2.26. The first-order valence-corrected chi connectivity index (χ1v) is 9.92. The van der Waals surface area contributed by atoms with Crippen LogP contribution in [-0.4, -0.2) is 4.98 Å². The average molecular weight is 339 g/mol. The molecule has 2 heteroatoms. The van der Waals surface area contributed by atoms with E-state index in [0.29, 0.717) is 11.5 Å². The lowest BCUT2D eigenvalue weighted by Crippen LogP contribution is -2.11. The molecule has 1 aliphatic carbocycles. The van der Waals surface area contributed by atoms with Gasteiger partial charge in [-0.25, -0.2) is 4.39 Å². The Hall–Kier alpha value is -1.70. The topological polar surface area (TPSA) is 12.9 Å². The molecule has 1 aromatic carbocycles. The van der Waals surface area contributed by atoms with Gasteiger partial charge in [-0.1, -0.05) is 51.7 Å². The van der Waals surface area contributed by atoms with Gasteiger partial charge in [-0.05, 0) is 66.8 Å². The Labute approximate surface area is 151 Å². The van der Waals surface area contributed by atoms with Crippen molar-refractivity contribution in [3.63, 3.8) is 0 Å². The van der Waals surface area contributed by atoms with Crippen LogP contribution in [0.1, 0.15) is 75.8 Å². The molecule has 0 aliphatic heterocycles. The van der Waals surface area contributed by atoms with Crippen LogP contribution in [0.4, 0.5) is 4.39 Å². The van der Waals surface area contributed by atoms with Gasteiger partial charge in [-0.3, -0.25) is 4.98 Å². The van der Waals surface area contributed by atoms with Crippen LogP contribution in [0.5, 0.6) is 0 Å². The van der Waals surface area contributed by atoms with Gasteiger partial charge in [-0.2, -0.15) is 0 Å². The Bertz CT molecular complexity index is 669. The normalized spacial score (nSPS) is 20.6. The fourth-order valence-corrected chi connectivity index (χ4v) is 3.90. The van der Waals surface area contributed by atoms with Crippen molar-refractivity contribution >= 4 is 0 Å². The second-order valence-corrected chi connectivity index (χ2v) is 7.70. The van der Waals surface area contributed by atoms with Crippen molar-refractivity contribution in [1.82, 2.24) is 4.98 Å². The first kappa shape index (κ1) is 18.1. The number of aryl methyl sites for hydroxylation is 1. The van der Waals surface area contributed by atoms with Crippen LogP contribution in [-0.2, 0) is 6.42 Å². The van der Waals surface area contributed by atoms with Crippen LogP contribution in [0.15, 0.2) is 36.5 Å². The standard InChI is InChI=1S/C23H30FN/c1-3-4-5-6-18-9-14-23(25-16-18)21-13-12-20(15-22(21)24)19-10-7-17(2)8-11-19/h9,12-17,19H,3-8,10-11H2,1-2H3/t17-,19-. The summed E-state index contributed by atoms with van der Waals surface area (Å²) in [4.78, 5) is 4.50. The summed E-state index contributed by atoms with van der Waals surface area (Å²) in [5.41, 5.74) is 3.75. The summed E-state index contributed by atoms with van der Waals surface area (Å²) < 4.78 is 14.7. The predicted molar refractivity (Wildman–Crippen MR) is 103 cm³/mol. The third-order valence-electron chi connectivity index (χ3n) is 5.65. The molecule has 0 atom stereocenters. The predicted octanol–water partition coefficient (Wildman–Crippen LogP) is 6.91. The molecule has 1 aliphatic rings. The van der Waals surface area contributed by atoms with Crippen molar-refractivity contribution in [2.24, 2.45) is 5.92 Å². The highest BCUT2D eigenvalue weighted by Gasteiger charge is 2.20. The number of hydrogen-bond acceptors (Lipinski definition) is 1. The highest BCUT2D eigenvalue weighted by molar-refractivity contribution is 5.60. The summed E-state index contributed by atoms with van der Waals surface area (Å²) in [6, 6.07) is 9.82. The van der Waals surface area contributed by atoms with Crippen molar-refractivity contribution in [3.05, 3.63) is 53.5 Å². The highest BCUT2D eigenvalue weighted by atomic mass is 19.1. The zero-order chi connectivity index (χ0) is 17.6. The van der Waals surface area contributed by atoms with Gasteiger partial charge < -0.3 is 0 Å². The van der Waals surface area contributed by atoms with Gasteiger partial charge in [0, 0.05) is 11.8 Å². The van der Waals surface area contributed by atoms with E-state index in [1.54, 1.807) is 6.07 Å². The van der Waals surface area contributed by atoms with E-state index in [-0.39, 0.29) is 5.82 Å². The smallest absolute Gasteiger partial charge is 0.132 e. The Morgan fingerprint density at radius 3 is 2.48 bits per heavy atom. The molecule has 0 saturated heterocycles. The summed E-state index contributed by atoms with van der Waals surface area (Å²) in [7, 11) is 0. The molecule has 3 rings (SSSR count). The van der Waals surface area contributed by atoms with Crippen molar-refractivity contribution in [2.75, 3.05) is 0 Å². The number of rotatable bonds is 6. The zero-order valence-electron chi connectivity index (χ0n) is 15.6. The summed E-state index contributed by atoms with van der Waals surface area (Å²) in [6.07, 6.45) is 11.5. The van der Waals surface area contributed by atoms with Crippen LogP contribution in [0.3, 0.4) is 0 Å². The minimum atomic E-state index is -0.137. The molecular weight excluding hydrogens is 309 g/mol. The van der Waals surface area contributed by atoms with E-state index in [1.165, 1.54) is 50.5 Å². The molecule has 0 bridgehead atoms. The van der Waals surface area contributed by atoms with Gasteiger partial charge in [0.2, 0.25) is 0 Å². The fourth-order valence-electron chi connectivity index (χ4n) is 3.90. The lowest BCUT2D eigenvalue weighted by molar-refractivity contribution is 0.347. The zero-order valence-corrected chi connectivity index (χ0v) is 15.6. The van der Waals surface area contributed by atoms with Gasteiger partial charge in [0.25, 0.3) is 0 Å². The van der Waals surface area contributed by atoms with Crippen LogP contribution in [0.25, 0.3) is 11.3 Å². The number of hydrogen-bond donors (Lipinski definition) is 0. The second kappa shape index (κ2) is 8.60. The monoisotopic (exact) mass is 339 g/mol. The van der Waals surface area contributed by atoms with Crippen LogP contribution < -0.4 is 0 Å². The molecule has 0 amide bonds. The molecule has 0 radical (unpaired) electrons. The van der Waals surface area contributed by atoms with Gasteiger partial charge in [0.1, 0.15) is 5.82 Å². The van der Waals surface area contributed by atoms with E-state index in [0.717, 1.165) is 23.6 Å². The second-order valence-electron chi connectivity index (χ2n) is 7.70. The molecule has 0 spiro atoms. The van der Waals surface area contributed by atoms with Crippen LogP contribution in [0, 0.1) is 11.7 Å². The maximum absolute atomic E-state index is 14.7. The number of nitrogens with zero attached hydrogens (tertiary/aromatic N) is 1. The molecule has 1 fully saturated rings. The molecule has 134 valence electrons. The van der Waals surface area contributed by atoms with E-state index in [1.807, 2.05) is 18.3 Å². The summed E-state index contributed by atoms with van der Waals surface area (Å²) in [5.74, 6) is 1.21. The van der Waals surface area contributed by atoms with Crippen molar-refractivity contribution in [3.8, 4) is 11.3 Å². The molecular formula is C23H30FN. The van der Waals surface area contributed by atoms with Crippen LogP contribution >= 0.6 is 0 Å². The first-order valence-electron chi connectivity index (χ1n) is 9.92. The Kier molecular flexibility index (Phi) is 6.23. The maximum atomic E-state index is 14.7. The van der Waals surface area contributed by atoms with Crippen molar-refractivity contribution in [1.29, 1.82) is 0 Å². The highest BCUT2D eigenvalue weighted by Crippen LogP contribution is 2.36. The van der Waals surface area contributed by atoms with E-state index in [2.05, 4.69) is 31.0 Å². The Balaban J connectivity index is 1.70. The number of benzene rings is 1. The molecule has 25 heavy (non-hydrogen) atoms. The largest absolute Gasteiger partial charge is 0.256 e. The molecule has 1 heterocycles. The maximum Gasteiger partial charge on any atom is 0.132 e. The summed E-state index contributed by atoms with van der Waals surface area (Å²) in [6.45, 7) is 4.53. The van der Waals surface area contributed by atoms with Crippen molar-refractivity contribution < 1.29 is 4.39 Å². The van der Waals surface area contributed by atoms with Gasteiger partial charge in [-0.15, -0.1) is 0 Å². The number of aromatic nitrogens is 1. The van der Waals surface area contributed by atoms with E-state index >= 15 is 0 Å². The molecule has 1 nitrogen and oxygen atoms in total. The Morgan fingerprint density at radius 2 is 1.84 bits per heavy atom. The molecule has 1 saturated carbocycles. The number of pyridine rings is 1. The number of halogens is 1. The minimum absolute atomic E-state index is 0.137.